The minimum absolute atomic E-state index is 0.244. The summed E-state index contributed by atoms with van der Waals surface area (Å²) in [7, 11) is 0. The maximum atomic E-state index is 10.8. The number of ether oxygens (including phenoxy) is 1. The first-order valence-corrected chi connectivity index (χ1v) is 4.72. The van der Waals surface area contributed by atoms with Crippen molar-refractivity contribution >= 4 is 5.97 Å². The van der Waals surface area contributed by atoms with Crippen molar-refractivity contribution in [2.45, 2.75) is 12.8 Å². The minimum atomic E-state index is -0.934. The molecule has 3 heteroatoms. The molecule has 0 radical (unpaired) electrons. The number of aromatic carboxylic acids is 1. The van der Waals surface area contributed by atoms with Crippen LogP contribution in [-0.4, -0.2) is 17.7 Å². The summed E-state index contributed by atoms with van der Waals surface area (Å²) < 4.78 is 5.44. The summed E-state index contributed by atoms with van der Waals surface area (Å²) in [5, 5.41) is 8.87. The van der Waals surface area contributed by atoms with Crippen LogP contribution in [0.4, 0.5) is 0 Å². The number of carboxylic acid groups (broad SMARTS) is 1. The van der Waals surface area contributed by atoms with E-state index in [-0.39, 0.29) is 5.56 Å². The van der Waals surface area contributed by atoms with Crippen LogP contribution in [0.25, 0.3) is 0 Å². The van der Waals surface area contributed by atoms with E-state index < -0.39 is 5.97 Å². The van der Waals surface area contributed by atoms with Gasteiger partial charge in [-0.3, -0.25) is 0 Å². The zero-order chi connectivity index (χ0) is 9.97. The monoisotopic (exact) mass is 192 g/mol. The summed E-state index contributed by atoms with van der Waals surface area (Å²) in [6, 6.07) is 6.75. The summed E-state index contributed by atoms with van der Waals surface area (Å²) in [6.45, 7) is 0.643. The number of carboxylic acids is 1. The molecule has 0 unspecified atom stereocenters. The Kier molecular flexibility index (Phi) is 2.39. The second kappa shape index (κ2) is 3.70. The number of hydrogen-bond acceptors (Lipinski definition) is 2. The van der Waals surface area contributed by atoms with Gasteiger partial charge in [-0.2, -0.15) is 0 Å². The van der Waals surface area contributed by atoms with Crippen molar-refractivity contribution in [3.05, 3.63) is 29.8 Å². The highest BCUT2D eigenvalue weighted by molar-refractivity contribution is 5.90. The molecule has 14 heavy (non-hydrogen) atoms. The third kappa shape index (κ3) is 2.05. The van der Waals surface area contributed by atoms with E-state index >= 15 is 0 Å². The molecule has 2 rings (SSSR count). The van der Waals surface area contributed by atoms with Gasteiger partial charge in [-0.05, 0) is 30.9 Å². The van der Waals surface area contributed by atoms with Crippen molar-refractivity contribution in [1.82, 2.24) is 0 Å². The van der Waals surface area contributed by atoms with Crippen molar-refractivity contribution in [2.24, 2.45) is 5.92 Å². The highest BCUT2D eigenvalue weighted by Crippen LogP contribution is 2.30. The van der Waals surface area contributed by atoms with E-state index in [1.165, 1.54) is 12.8 Å². The van der Waals surface area contributed by atoms with Gasteiger partial charge >= 0.3 is 5.97 Å². The topological polar surface area (TPSA) is 46.5 Å². The second-order valence-electron chi connectivity index (χ2n) is 3.56. The Morgan fingerprint density at radius 2 is 2.14 bits per heavy atom. The van der Waals surface area contributed by atoms with E-state index in [4.69, 9.17) is 9.84 Å². The summed E-state index contributed by atoms with van der Waals surface area (Å²) in [5.74, 6) is 0.181. The van der Waals surface area contributed by atoms with Crippen molar-refractivity contribution < 1.29 is 14.6 Å². The zero-order valence-electron chi connectivity index (χ0n) is 7.77. The molecule has 1 aliphatic rings. The van der Waals surface area contributed by atoms with Crippen molar-refractivity contribution in [1.29, 1.82) is 0 Å². The molecule has 0 aliphatic heterocycles. The molecule has 74 valence electrons. The maximum absolute atomic E-state index is 10.8. The second-order valence-corrected chi connectivity index (χ2v) is 3.56. The van der Waals surface area contributed by atoms with Crippen LogP contribution in [0.5, 0.6) is 5.75 Å². The summed E-state index contributed by atoms with van der Waals surface area (Å²) in [4.78, 5) is 10.8. The van der Waals surface area contributed by atoms with E-state index in [1.54, 1.807) is 24.3 Å². The quantitative estimate of drug-likeness (QED) is 0.795. The number of carbonyl (C=O) groups is 1. The Labute approximate surface area is 82.3 Å². The number of hydrogen-bond donors (Lipinski definition) is 1. The van der Waals surface area contributed by atoms with Crippen LogP contribution in [0.2, 0.25) is 0 Å². The van der Waals surface area contributed by atoms with Gasteiger partial charge in [-0.15, -0.1) is 0 Å². The lowest BCUT2D eigenvalue weighted by atomic mass is 10.2. The summed E-state index contributed by atoms with van der Waals surface area (Å²) >= 11 is 0. The molecule has 0 heterocycles. The van der Waals surface area contributed by atoms with Gasteiger partial charge in [0.25, 0.3) is 0 Å². The molecule has 0 atom stereocenters. The number of rotatable bonds is 4. The Balaban J connectivity index is 2.09. The maximum Gasteiger partial charge on any atom is 0.339 e. The molecule has 1 aliphatic carbocycles. The first-order valence-electron chi connectivity index (χ1n) is 4.72. The molecule has 1 N–H and O–H groups in total. The van der Waals surface area contributed by atoms with Crippen LogP contribution in [0.1, 0.15) is 23.2 Å². The Hall–Kier alpha value is -1.51. The van der Waals surface area contributed by atoms with Crippen molar-refractivity contribution in [3.63, 3.8) is 0 Å². The van der Waals surface area contributed by atoms with E-state index in [0.717, 1.165) is 0 Å². The van der Waals surface area contributed by atoms with Gasteiger partial charge in [-0.1, -0.05) is 12.1 Å². The van der Waals surface area contributed by atoms with Gasteiger partial charge in [-0.25, -0.2) is 4.79 Å². The highest BCUT2D eigenvalue weighted by atomic mass is 16.5. The lowest BCUT2D eigenvalue weighted by Gasteiger charge is -2.07. The predicted octanol–water partition coefficient (Wildman–Crippen LogP) is 2.17. The number of benzene rings is 1. The van der Waals surface area contributed by atoms with Gasteiger partial charge in [0.05, 0.1) is 6.61 Å². The molecule has 1 aromatic carbocycles. The van der Waals surface area contributed by atoms with Crippen LogP contribution >= 0.6 is 0 Å². The molecule has 3 nitrogen and oxygen atoms in total. The fourth-order valence-electron chi connectivity index (χ4n) is 1.26. The third-order valence-corrected chi connectivity index (χ3v) is 2.29. The fraction of sp³-hybridized carbons (Fsp3) is 0.364. The Morgan fingerprint density at radius 3 is 2.79 bits per heavy atom. The van der Waals surface area contributed by atoms with Crippen LogP contribution < -0.4 is 4.74 Å². The Bertz CT molecular complexity index is 342. The average Bonchev–Trinajstić information content (AvgIpc) is 2.98. The summed E-state index contributed by atoms with van der Waals surface area (Å²) in [6.07, 6.45) is 2.41. The largest absolute Gasteiger partial charge is 0.492 e. The number of para-hydroxylation sites is 1. The van der Waals surface area contributed by atoms with Crippen LogP contribution in [0.3, 0.4) is 0 Å². The zero-order valence-corrected chi connectivity index (χ0v) is 7.77. The lowest BCUT2D eigenvalue weighted by Crippen LogP contribution is -2.05. The van der Waals surface area contributed by atoms with Crippen LogP contribution in [0, 0.1) is 5.92 Å². The molecule has 0 bridgehead atoms. The van der Waals surface area contributed by atoms with Gasteiger partial charge in [0, 0.05) is 0 Å². The average molecular weight is 192 g/mol. The van der Waals surface area contributed by atoms with E-state index in [2.05, 4.69) is 0 Å². The van der Waals surface area contributed by atoms with E-state index in [9.17, 15) is 4.79 Å². The third-order valence-electron chi connectivity index (χ3n) is 2.29. The molecule has 0 saturated heterocycles. The normalized spacial score (nSPS) is 15.1. The molecule has 0 spiro atoms. The molecule has 0 aromatic heterocycles. The molecule has 1 fully saturated rings. The first kappa shape index (κ1) is 9.06. The highest BCUT2D eigenvalue weighted by Gasteiger charge is 2.22. The Morgan fingerprint density at radius 1 is 1.43 bits per heavy atom. The van der Waals surface area contributed by atoms with Crippen LogP contribution in [0.15, 0.2) is 24.3 Å². The minimum Gasteiger partial charge on any atom is -0.492 e. The molecule has 1 aromatic rings. The van der Waals surface area contributed by atoms with Gasteiger partial charge in [0.15, 0.2) is 0 Å². The van der Waals surface area contributed by atoms with E-state index in [0.29, 0.717) is 18.3 Å². The summed E-state index contributed by atoms with van der Waals surface area (Å²) in [5.41, 5.74) is 0.244. The standard InChI is InChI=1S/C11H12O3/c12-11(13)9-3-1-2-4-10(9)14-7-8-5-6-8/h1-4,8H,5-7H2,(H,12,13). The first-order chi connectivity index (χ1) is 6.77. The predicted molar refractivity (Wildman–Crippen MR) is 51.6 cm³/mol. The fourth-order valence-corrected chi connectivity index (χ4v) is 1.26. The molecular weight excluding hydrogens is 180 g/mol. The van der Waals surface area contributed by atoms with Crippen molar-refractivity contribution in [2.75, 3.05) is 6.61 Å². The molecular formula is C11H12O3. The van der Waals surface area contributed by atoms with Gasteiger partial charge < -0.3 is 9.84 Å². The van der Waals surface area contributed by atoms with Gasteiger partial charge in [0.2, 0.25) is 0 Å². The van der Waals surface area contributed by atoms with Crippen LogP contribution in [-0.2, 0) is 0 Å². The molecule has 1 saturated carbocycles. The van der Waals surface area contributed by atoms with E-state index in [1.807, 2.05) is 0 Å². The molecule has 0 amide bonds. The SMILES string of the molecule is O=C(O)c1ccccc1OCC1CC1. The van der Waals surface area contributed by atoms with Gasteiger partial charge in [0.1, 0.15) is 11.3 Å². The lowest BCUT2D eigenvalue weighted by molar-refractivity contribution is 0.0692. The van der Waals surface area contributed by atoms with Crippen molar-refractivity contribution in [3.8, 4) is 5.75 Å². The smallest absolute Gasteiger partial charge is 0.339 e.